The van der Waals surface area contributed by atoms with Crippen molar-refractivity contribution in [2.45, 2.75) is 13.0 Å². The third kappa shape index (κ3) is 2.09. The first-order valence-electron chi connectivity index (χ1n) is 6.40. The Bertz CT molecular complexity index is 751. The summed E-state index contributed by atoms with van der Waals surface area (Å²) in [5, 5.41) is 0.730. The summed E-state index contributed by atoms with van der Waals surface area (Å²) in [6.45, 7) is 2.00. The van der Waals surface area contributed by atoms with Crippen LogP contribution < -0.4 is 11.3 Å². The van der Waals surface area contributed by atoms with Gasteiger partial charge in [-0.05, 0) is 30.2 Å². The van der Waals surface area contributed by atoms with E-state index < -0.39 is 0 Å². The van der Waals surface area contributed by atoms with E-state index >= 15 is 0 Å². The molecule has 3 N–H and O–H groups in total. The van der Waals surface area contributed by atoms with Crippen molar-refractivity contribution in [2.24, 2.45) is 5.84 Å². The Kier molecular flexibility index (Phi) is 3.26. The molecule has 0 saturated heterocycles. The fourth-order valence-corrected chi connectivity index (χ4v) is 2.43. The quantitative estimate of drug-likeness (QED) is 0.566. The van der Waals surface area contributed by atoms with Gasteiger partial charge in [-0.3, -0.25) is 5.84 Å². The van der Waals surface area contributed by atoms with Crippen LogP contribution in [0.4, 0.5) is 4.39 Å². The Morgan fingerprint density at radius 2 is 1.95 bits per heavy atom. The Hall–Kier alpha value is -2.17. The summed E-state index contributed by atoms with van der Waals surface area (Å²) in [7, 11) is 0. The monoisotopic (exact) mass is 270 g/mol. The van der Waals surface area contributed by atoms with Gasteiger partial charge in [0.15, 0.2) is 11.4 Å². The van der Waals surface area contributed by atoms with Gasteiger partial charge >= 0.3 is 0 Å². The minimum Gasteiger partial charge on any atom is -0.456 e. The van der Waals surface area contributed by atoms with E-state index in [-0.39, 0.29) is 17.4 Å². The molecule has 3 aromatic rings. The van der Waals surface area contributed by atoms with Crippen LogP contribution in [0.2, 0.25) is 0 Å². The standard InChI is InChI=1S/C16H15FN2O/c1-10-5-2-3-7-12(10)15(19-18)14-9-11-6-4-8-13(17)16(11)20-14/h2-9,15,19H,18H2,1H3. The number of nitrogens with two attached hydrogens (primary N) is 1. The van der Waals surface area contributed by atoms with Crippen molar-refractivity contribution >= 4 is 11.0 Å². The highest BCUT2D eigenvalue weighted by Gasteiger charge is 2.19. The van der Waals surface area contributed by atoms with Gasteiger partial charge in [-0.15, -0.1) is 0 Å². The van der Waals surface area contributed by atoms with Crippen molar-refractivity contribution in [1.29, 1.82) is 0 Å². The SMILES string of the molecule is Cc1ccccc1C(NN)c1cc2cccc(F)c2o1. The highest BCUT2D eigenvalue weighted by Crippen LogP contribution is 2.30. The van der Waals surface area contributed by atoms with Gasteiger partial charge in [-0.25, -0.2) is 9.82 Å². The van der Waals surface area contributed by atoms with E-state index in [9.17, 15) is 4.39 Å². The average molecular weight is 270 g/mol. The van der Waals surface area contributed by atoms with Crippen LogP contribution in [0, 0.1) is 12.7 Å². The van der Waals surface area contributed by atoms with Crippen molar-refractivity contribution < 1.29 is 8.81 Å². The zero-order valence-electron chi connectivity index (χ0n) is 11.1. The largest absolute Gasteiger partial charge is 0.456 e. The summed E-state index contributed by atoms with van der Waals surface area (Å²) in [5.41, 5.74) is 5.10. The second-order valence-electron chi connectivity index (χ2n) is 4.76. The summed E-state index contributed by atoms with van der Waals surface area (Å²) in [5.74, 6) is 5.89. The fraction of sp³-hybridized carbons (Fsp3) is 0.125. The van der Waals surface area contributed by atoms with Crippen LogP contribution in [0.3, 0.4) is 0 Å². The van der Waals surface area contributed by atoms with Crippen LogP contribution in [0.25, 0.3) is 11.0 Å². The van der Waals surface area contributed by atoms with E-state index in [1.807, 2.05) is 43.3 Å². The van der Waals surface area contributed by atoms with Gasteiger partial charge in [0.05, 0.1) is 0 Å². The number of hydrogen-bond donors (Lipinski definition) is 2. The van der Waals surface area contributed by atoms with Crippen molar-refractivity contribution in [2.75, 3.05) is 0 Å². The third-order valence-corrected chi connectivity index (χ3v) is 3.47. The summed E-state index contributed by atoms with van der Waals surface area (Å²) in [4.78, 5) is 0. The van der Waals surface area contributed by atoms with E-state index in [4.69, 9.17) is 10.3 Å². The lowest BCUT2D eigenvalue weighted by Crippen LogP contribution is -2.29. The predicted molar refractivity (Wildman–Crippen MR) is 76.5 cm³/mol. The number of hydrogen-bond acceptors (Lipinski definition) is 3. The Morgan fingerprint density at radius 3 is 2.65 bits per heavy atom. The lowest BCUT2D eigenvalue weighted by molar-refractivity contribution is 0.464. The van der Waals surface area contributed by atoms with Gasteiger partial charge in [0.2, 0.25) is 0 Å². The van der Waals surface area contributed by atoms with Crippen molar-refractivity contribution in [3.63, 3.8) is 0 Å². The minimum absolute atomic E-state index is 0.260. The van der Waals surface area contributed by atoms with Gasteiger partial charge in [0.1, 0.15) is 11.8 Å². The van der Waals surface area contributed by atoms with Crippen LogP contribution in [-0.2, 0) is 0 Å². The lowest BCUT2D eigenvalue weighted by Gasteiger charge is -2.15. The normalized spacial score (nSPS) is 12.8. The molecule has 1 heterocycles. The summed E-state index contributed by atoms with van der Waals surface area (Å²) in [6, 6.07) is 14.3. The third-order valence-electron chi connectivity index (χ3n) is 3.47. The van der Waals surface area contributed by atoms with Gasteiger partial charge in [-0.2, -0.15) is 0 Å². The molecule has 102 valence electrons. The van der Waals surface area contributed by atoms with E-state index in [0.717, 1.165) is 16.5 Å². The highest BCUT2D eigenvalue weighted by atomic mass is 19.1. The average Bonchev–Trinajstić information content (AvgIpc) is 2.87. The minimum atomic E-state index is -0.366. The van der Waals surface area contributed by atoms with Crippen molar-refractivity contribution in [3.05, 3.63) is 71.2 Å². The first-order valence-corrected chi connectivity index (χ1v) is 6.40. The van der Waals surface area contributed by atoms with Crippen LogP contribution in [0.15, 0.2) is 52.9 Å². The number of aryl methyl sites for hydroxylation is 1. The summed E-state index contributed by atoms with van der Waals surface area (Å²) >= 11 is 0. The molecule has 0 aliphatic heterocycles. The molecule has 0 aliphatic carbocycles. The second-order valence-corrected chi connectivity index (χ2v) is 4.76. The van der Waals surface area contributed by atoms with Crippen LogP contribution in [0.5, 0.6) is 0 Å². The highest BCUT2D eigenvalue weighted by molar-refractivity contribution is 5.78. The smallest absolute Gasteiger partial charge is 0.169 e. The van der Waals surface area contributed by atoms with Crippen LogP contribution in [-0.4, -0.2) is 0 Å². The van der Waals surface area contributed by atoms with Crippen LogP contribution in [0.1, 0.15) is 22.9 Å². The Morgan fingerprint density at radius 1 is 1.15 bits per heavy atom. The van der Waals surface area contributed by atoms with Crippen LogP contribution >= 0.6 is 0 Å². The second kappa shape index (κ2) is 5.07. The Balaban J connectivity index is 2.12. The number of para-hydroxylation sites is 1. The Labute approximate surface area is 116 Å². The van der Waals surface area contributed by atoms with E-state index in [1.165, 1.54) is 6.07 Å². The molecular weight excluding hydrogens is 255 g/mol. The number of nitrogens with one attached hydrogen (secondary N) is 1. The van der Waals surface area contributed by atoms with E-state index in [1.54, 1.807) is 6.07 Å². The lowest BCUT2D eigenvalue weighted by atomic mass is 10.00. The van der Waals surface area contributed by atoms with Crippen molar-refractivity contribution in [3.8, 4) is 0 Å². The molecule has 20 heavy (non-hydrogen) atoms. The molecule has 3 rings (SSSR count). The molecule has 0 radical (unpaired) electrons. The predicted octanol–water partition coefficient (Wildman–Crippen LogP) is 3.43. The molecule has 1 unspecified atom stereocenters. The van der Waals surface area contributed by atoms with Gasteiger partial charge in [-0.1, -0.05) is 36.4 Å². The number of hydrazine groups is 1. The molecule has 0 bridgehead atoms. The molecule has 0 saturated carbocycles. The fourth-order valence-electron chi connectivity index (χ4n) is 2.43. The summed E-state index contributed by atoms with van der Waals surface area (Å²) < 4.78 is 19.3. The molecule has 3 nitrogen and oxygen atoms in total. The number of fused-ring (bicyclic) bond motifs is 1. The first-order chi connectivity index (χ1) is 9.70. The maximum Gasteiger partial charge on any atom is 0.169 e. The van der Waals surface area contributed by atoms with Gasteiger partial charge < -0.3 is 4.42 Å². The van der Waals surface area contributed by atoms with Crippen molar-refractivity contribution in [1.82, 2.24) is 5.43 Å². The zero-order chi connectivity index (χ0) is 14.1. The number of rotatable bonds is 3. The molecule has 1 atom stereocenters. The molecule has 4 heteroatoms. The van der Waals surface area contributed by atoms with Gasteiger partial charge in [0, 0.05) is 5.39 Å². The molecule has 2 aromatic carbocycles. The maximum absolute atomic E-state index is 13.7. The van der Waals surface area contributed by atoms with E-state index in [2.05, 4.69) is 5.43 Å². The molecule has 0 amide bonds. The topological polar surface area (TPSA) is 51.2 Å². The summed E-state index contributed by atoms with van der Waals surface area (Å²) in [6.07, 6.45) is 0. The number of benzene rings is 2. The molecule has 0 fully saturated rings. The maximum atomic E-state index is 13.7. The first kappa shape index (κ1) is 12.8. The van der Waals surface area contributed by atoms with E-state index in [0.29, 0.717) is 5.76 Å². The zero-order valence-corrected chi connectivity index (χ0v) is 11.1. The molecule has 1 aromatic heterocycles. The molecular formula is C16H15FN2O. The van der Waals surface area contributed by atoms with Gasteiger partial charge in [0.25, 0.3) is 0 Å². The number of halogens is 1. The molecule has 0 spiro atoms. The number of furan rings is 1. The molecule has 0 aliphatic rings.